The molecule has 0 amide bonds. The minimum Gasteiger partial charge on any atom is -0.504 e. The smallest absolute Gasteiger partial charge is 0.331 e. The summed E-state index contributed by atoms with van der Waals surface area (Å²) in [7, 11) is 2.88. The third-order valence-corrected chi connectivity index (χ3v) is 3.78. The molecular weight excluding hydrogens is 356 g/mol. The fraction of sp³-hybridized carbons (Fsp3) is 0.278. The number of ketones is 1. The second-order valence-electron chi connectivity index (χ2n) is 5.58. The molecule has 0 fully saturated rings. The highest BCUT2D eigenvalue weighted by Gasteiger charge is 2.19. The van der Waals surface area contributed by atoms with Crippen molar-refractivity contribution in [2.75, 3.05) is 20.8 Å². The van der Waals surface area contributed by atoms with Crippen LogP contribution in [0.15, 0.2) is 33.9 Å². The Bertz CT molecular complexity index is 973. The molecule has 2 rings (SSSR count). The summed E-state index contributed by atoms with van der Waals surface area (Å²) < 4.78 is 10.8. The Hall–Kier alpha value is -3.33. The molecule has 0 radical (unpaired) electrons. The summed E-state index contributed by atoms with van der Waals surface area (Å²) in [5.74, 6) is -1.31. The SMILES string of the molecule is COCCCn1c(O)c(C(=O)C=Cc2ccc(O)c(OC)c2)c(=O)[nH]c1=O. The van der Waals surface area contributed by atoms with Crippen LogP contribution in [-0.2, 0) is 11.3 Å². The predicted octanol–water partition coefficient (Wildman–Crippen LogP) is 0.889. The lowest BCUT2D eigenvalue weighted by molar-refractivity contribution is 0.104. The van der Waals surface area contributed by atoms with Crippen molar-refractivity contribution >= 4 is 11.9 Å². The molecule has 0 aliphatic carbocycles. The van der Waals surface area contributed by atoms with Crippen LogP contribution in [0.2, 0.25) is 0 Å². The molecule has 9 nitrogen and oxygen atoms in total. The van der Waals surface area contributed by atoms with Crippen molar-refractivity contribution in [2.45, 2.75) is 13.0 Å². The Kier molecular flexibility index (Phi) is 6.56. The maximum atomic E-state index is 12.4. The Morgan fingerprint density at radius 2 is 2.00 bits per heavy atom. The number of carbonyl (C=O) groups is 1. The third kappa shape index (κ3) is 4.64. The number of nitrogens with one attached hydrogen (secondary N) is 1. The van der Waals surface area contributed by atoms with Crippen LogP contribution >= 0.6 is 0 Å². The molecule has 9 heteroatoms. The average Bonchev–Trinajstić information content (AvgIpc) is 2.63. The van der Waals surface area contributed by atoms with Gasteiger partial charge in [-0.3, -0.25) is 19.1 Å². The molecule has 0 atom stereocenters. The first-order valence-corrected chi connectivity index (χ1v) is 8.03. The van der Waals surface area contributed by atoms with Crippen molar-refractivity contribution in [3.05, 3.63) is 56.2 Å². The normalized spacial score (nSPS) is 11.0. The van der Waals surface area contributed by atoms with Gasteiger partial charge >= 0.3 is 5.69 Å². The molecule has 0 bridgehead atoms. The first kappa shape index (κ1) is 20.0. The topological polar surface area (TPSA) is 131 Å². The highest BCUT2D eigenvalue weighted by molar-refractivity contribution is 6.08. The summed E-state index contributed by atoms with van der Waals surface area (Å²) in [6, 6.07) is 4.43. The minimum absolute atomic E-state index is 0.0572. The van der Waals surface area contributed by atoms with E-state index >= 15 is 0 Å². The average molecular weight is 376 g/mol. The van der Waals surface area contributed by atoms with E-state index in [9.17, 15) is 24.6 Å². The van der Waals surface area contributed by atoms with Crippen molar-refractivity contribution in [3.63, 3.8) is 0 Å². The van der Waals surface area contributed by atoms with Gasteiger partial charge in [0.15, 0.2) is 17.3 Å². The van der Waals surface area contributed by atoms with Crippen LogP contribution < -0.4 is 16.0 Å². The highest BCUT2D eigenvalue weighted by atomic mass is 16.5. The molecule has 2 aromatic rings. The van der Waals surface area contributed by atoms with E-state index in [-0.39, 0.29) is 18.0 Å². The van der Waals surface area contributed by atoms with Crippen LogP contribution in [0.3, 0.4) is 0 Å². The summed E-state index contributed by atoms with van der Waals surface area (Å²) in [5, 5.41) is 19.8. The molecule has 0 unspecified atom stereocenters. The number of benzene rings is 1. The number of hydrogen-bond acceptors (Lipinski definition) is 7. The summed E-state index contributed by atoms with van der Waals surface area (Å²) >= 11 is 0. The molecule has 144 valence electrons. The largest absolute Gasteiger partial charge is 0.504 e. The van der Waals surface area contributed by atoms with Gasteiger partial charge in [-0.05, 0) is 30.2 Å². The number of aromatic nitrogens is 2. The van der Waals surface area contributed by atoms with Gasteiger partial charge in [0.05, 0.1) is 7.11 Å². The Labute approximate surface area is 154 Å². The molecule has 0 saturated heterocycles. The number of phenolic OH excluding ortho intramolecular Hbond substituents is 1. The lowest BCUT2D eigenvalue weighted by Crippen LogP contribution is -2.33. The molecular formula is C18H20N2O7. The molecule has 0 aliphatic heterocycles. The van der Waals surface area contributed by atoms with Gasteiger partial charge in [0.25, 0.3) is 5.56 Å². The number of ether oxygens (including phenoxy) is 2. The molecule has 27 heavy (non-hydrogen) atoms. The number of rotatable bonds is 8. The van der Waals surface area contributed by atoms with E-state index < -0.39 is 28.5 Å². The standard InChI is InChI=1S/C18H20N2O7/c1-26-9-3-8-20-17(24)15(16(23)19-18(20)25)13(22)7-5-11-4-6-12(21)14(10-11)27-2/h4-7,10,21,24H,3,8-9H2,1-2H3,(H,19,23,25). The molecule has 0 aliphatic rings. The van der Waals surface area contributed by atoms with Crippen LogP contribution in [0.5, 0.6) is 17.4 Å². The second-order valence-corrected chi connectivity index (χ2v) is 5.58. The van der Waals surface area contributed by atoms with Gasteiger partial charge in [-0.25, -0.2) is 4.79 Å². The third-order valence-electron chi connectivity index (χ3n) is 3.78. The summed E-state index contributed by atoms with van der Waals surface area (Å²) in [6.45, 7) is 0.422. The first-order chi connectivity index (χ1) is 12.9. The minimum atomic E-state index is -0.974. The van der Waals surface area contributed by atoms with E-state index in [1.165, 1.54) is 38.5 Å². The lowest BCUT2D eigenvalue weighted by Gasteiger charge is -2.09. The lowest BCUT2D eigenvalue weighted by atomic mass is 10.1. The van der Waals surface area contributed by atoms with E-state index in [0.717, 1.165) is 10.6 Å². The number of methoxy groups -OCH3 is 2. The van der Waals surface area contributed by atoms with E-state index in [0.29, 0.717) is 18.6 Å². The van der Waals surface area contributed by atoms with Crippen LogP contribution in [0.1, 0.15) is 22.3 Å². The summed E-state index contributed by atoms with van der Waals surface area (Å²) in [5.41, 5.74) is -1.79. The van der Waals surface area contributed by atoms with Crippen LogP contribution in [0, 0.1) is 0 Å². The number of carbonyl (C=O) groups excluding carboxylic acids is 1. The van der Waals surface area contributed by atoms with Gasteiger partial charge in [0.2, 0.25) is 5.88 Å². The van der Waals surface area contributed by atoms with Gasteiger partial charge in [-0.15, -0.1) is 0 Å². The van der Waals surface area contributed by atoms with Crippen molar-refractivity contribution in [3.8, 4) is 17.4 Å². The van der Waals surface area contributed by atoms with E-state index in [1.807, 2.05) is 4.98 Å². The molecule has 1 aromatic heterocycles. The number of phenols is 1. The Morgan fingerprint density at radius 1 is 1.26 bits per heavy atom. The second kappa shape index (κ2) is 8.86. The molecule has 0 spiro atoms. The summed E-state index contributed by atoms with van der Waals surface area (Å²) in [6.07, 6.45) is 2.89. The van der Waals surface area contributed by atoms with E-state index in [4.69, 9.17) is 9.47 Å². The fourth-order valence-electron chi connectivity index (χ4n) is 2.41. The Balaban J connectivity index is 2.34. The van der Waals surface area contributed by atoms with Crippen LogP contribution in [0.25, 0.3) is 6.08 Å². The van der Waals surface area contributed by atoms with Crippen LogP contribution in [-0.4, -0.2) is 46.4 Å². The van der Waals surface area contributed by atoms with E-state index in [2.05, 4.69) is 0 Å². The van der Waals surface area contributed by atoms with Crippen molar-refractivity contribution in [2.24, 2.45) is 0 Å². The van der Waals surface area contributed by atoms with Crippen molar-refractivity contribution in [1.29, 1.82) is 0 Å². The van der Waals surface area contributed by atoms with E-state index in [1.54, 1.807) is 0 Å². The van der Waals surface area contributed by atoms with Gasteiger partial charge in [0.1, 0.15) is 5.56 Å². The van der Waals surface area contributed by atoms with Crippen molar-refractivity contribution in [1.82, 2.24) is 9.55 Å². The zero-order valence-electron chi connectivity index (χ0n) is 14.9. The number of hydrogen-bond donors (Lipinski definition) is 3. The van der Waals surface area contributed by atoms with Gasteiger partial charge in [-0.2, -0.15) is 0 Å². The zero-order valence-corrected chi connectivity index (χ0v) is 14.9. The van der Waals surface area contributed by atoms with Crippen molar-refractivity contribution < 1.29 is 24.5 Å². The maximum absolute atomic E-state index is 12.4. The van der Waals surface area contributed by atoms with Crippen LogP contribution in [0.4, 0.5) is 0 Å². The number of aromatic amines is 1. The van der Waals surface area contributed by atoms with Gasteiger partial charge in [0, 0.05) is 20.3 Å². The number of H-pyrrole nitrogens is 1. The number of nitrogens with zero attached hydrogens (tertiary/aromatic N) is 1. The number of allylic oxidation sites excluding steroid dienone is 1. The molecule has 1 aromatic carbocycles. The monoisotopic (exact) mass is 376 g/mol. The zero-order chi connectivity index (χ0) is 20.0. The highest BCUT2D eigenvalue weighted by Crippen LogP contribution is 2.26. The predicted molar refractivity (Wildman–Crippen MR) is 97.5 cm³/mol. The van der Waals surface area contributed by atoms with Gasteiger partial charge < -0.3 is 19.7 Å². The molecule has 1 heterocycles. The Morgan fingerprint density at radius 3 is 2.67 bits per heavy atom. The first-order valence-electron chi connectivity index (χ1n) is 8.03. The summed E-state index contributed by atoms with van der Waals surface area (Å²) in [4.78, 5) is 38.2. The maximum Gasteiger partial charge on any atom is 0.331 e. The van der Waals surface area contributed by atoms with Gasteiger partial charge in [-0.1, -0.05) is 12.1 Å². The molecule has 0 saturated carbocycles. The molecule has 3 N–H and O–H groups in total. The number of aromatic hydroxyl groups is 2. The quantitative estimate of drug-likeness (QED) is 0.354. The fourth-order valence-corrected chi connectivity index (χ4v) is 2.41.